The molecular formula is C19H22O3Si. The number of benzene rings is 2. The Labute approximate surface area is 138 Å². The third kappa shape index (κ3) is 4.83. The lowest BCUT2D eigenvalue weighted by Crippen LogP contribution is -2.29. The van der Waals surface area contributed by atoms with E-state index in [1.54, 1.807) is 0 Å². The smallest absolute Gasteiger partial charge is 0.328 e. The van der Waals surface area contributed by atoms with Crippen molar-refractivity contribution in [1.29, 1.82) is 0 Å². The summed E-state index contributed by atoms with van der Waals surface area (Å²) >= 11 is 0. The molecule has 2 aromatic carbocycles. The number of carboxylic acid groups (broad SMARTS) is 1. The maximum absolute atomic E-state index is 11.2. The molecule has 23 heavy (non-hydrogen) atoms. The molecule has 0 saturated heterocycles. The largest absolute Gasteiger partial charge is 0.544 e. The molecule has 0 heterocycles. The van der Waals surface area contributed by atoms with Gasteiger partial charge in [-0.15, -0.1) is 0 Å². The maximum Gasteiger partial charge on any atom is 0.328 e. The molecule has 2 aromatic rings. The van der Waals surface area contributed by atoms with Gasteiger partial charge in [0.2, 0.25) is 8.32 Å². The van der Waals surface area contributed by atoms with Crippen LogP contribution < -0.4 is 4.43 Å². The molecule has 0 saturated carbocycles. The Balaban J connectivity index is 2.45. The van der Waals surface area contributed by atoms with Gasteiger partial charge in [0.1, 0.15) is 5.75 Å². The van der Waals surface area contributed by atoms with Gasteiger partial charge in [-0.25, -0.2) is 4.79 Å². The lowest BCUT2D eigenvalue weighted by molar-refractivity contribution is -0.131. The SMILES string of the molecule is Cc1cc(C(=CC(=O)O)c2ccccc2)ccc1O[Si](C)(C)C. The van der Waals surface area contributed by atoms with E-state index >= 15 is 0 Å². The van der Waals surface area contributed by atoms with Crippen LogP contribution in [0.2, 0.25) is 19.6 Å². The number of aliphatic carboxylic acids is 1. The summed E-state index contributed by atoms with van der Waals surface area (Å²) in [4.78, 5) is 11.2. The number of rotatable bonds is 5. The average molecular weight is 326 g/mol. The Bertz CT molecular complexity index is 728. The van der Waals surface area contributed by atoms with Crippen molar-refractivity contribution >= 4 is 19.9 Å². The highest BCUT2D eigenvalue weighted by atomic mass is 28.4. The van der Waals surface area contributed by atoms with Crippen molar-refractivity contribution in [2.45, 2.75) is 26.6 Å². The van der Waals surface area contributed by atoms with Crippen molar-refractivity contribution in [3.05, 3.63) is 71.3 Å². The third-order valence-corrected chi connectivity index (χ3v) is 4.09. The van der Waals surface area contributed by atoms with Crippen molar-refractivity contribution in [1.82, 2.24) is 0 Å². The van der Waals surface area contributed by atoms with E-state index in [0.717, 1.165) is 22.4 Å². The summed E-state index contributed by atoms with van der Waals surface area (Å²) in [5.41, 5.74) is 3.46. The van der Waals surface area contributed by atoms with Crippen LogP contribution in [0.4, 0.5) is 0 Å². The molecular weight excluding hydrogens is 304 g/mol. The molecule has 0 bridgehead atoms. The highest BCUT2D eigenvalue weighted by Crippen LogP contribution is 2.29. The summed E-state index contributed by atoms with van der Waals surface area (Å²) in [5, 5.41) is 9.19. The molecule has 0 aliphatic carbocycles. The van der Waals surface area contributed by atoms with Crippen LogP contribution in [0.15, 0.2) is 54.6 Å². The minimum Gasteiger partial charge on any atom is -0.544 e. The van der Waals surface area contributed by atoms with E-state index in [-0.39, 0.29) is 0 Å². The van der Waals surface area contributed by atoms with Crippen LogP contribution in [0.3, 0.4) is 0 Å². The quantitative estimate of drug-likeness (QED) is 0.638. The molecule has 120 valence electrons. The average Bonchev–Trinajstić information content (AvgIpc) is 2.46. The van der Waals surface area contributed by atoms with Crippen molar-refractivity contribution < 1.29 is 14.3 Å². The van der Waals surface area contributed by atoms with Gasteiger partial charge in [0, 0.05) is 6.08 Å². The molecule has 0 atom stereocenters. The van der Waals surface area contributed by atoms with E-state index in [9.17, 15) is 9.90 Å². The number of carbonyl (C=O) groups is 1. The first-order chi connectivity index (χ1) is 10.8. The standard InChI is InChI=1S/C19H22O3Si/c1-14-12-16(10-11-18(14)22-23(2,3)4)17(13-19(20)21)15-8-6-5-7-9-15/h5-13H,1-4H3,(H,20,21). The van der Waals surface area contributed by atoms with E-state index in [4.69, 9.17) is 4.43 Å². The zero-order valence-electron chi connectivity index (χ0n) is 14.0. The van der Waals surface area contributed by atoms with Crippen molar-refractivity contribution in [3.8, 4) is 5.75 Å². The fourth-order valence-corrected chi connectivity index (χ4v) is 3.22. The number of carboxylic acids is 1. The van der Waals surface area contributed by atoms with Gasteiger partial charge in [0.05, 0.1) is 0 Å². The zero-order chi connectivity index (χ0) is 17.0. The van der Waals surface area contributed by atoms with E-state index in [0.29, 0.717) is 5.57 Å². The minimum absolute atomic E-state index is 0.695. The number of hydrogen-bond acceptors (Lipinski definition) is 2. The summed E-state index contributed by atoms with van der Waals surface area (Å²) in [5.74, 6) is -0.0837. The zero-order valence-corrected chi connectivity index (χ0v) is 15.0. The van der Waals surface area contributed by atoms with Crippen molar-refractivity contribution in [3.63, 3.8) is 0 Å². The van der Waals surface area contributed by atoms with Gasteiger partial charge < -0.3 is 9.53 Å². The van der Waals surface area contributed by atoms with Crippen LogP contribution in [-0.4, -0.2) is 19.4 Å². The van der Waals surface area contributed by atoms with Crippen LogP contribution in [0.1, 0.15) is 16.7 Å². The molecule has 0 aromatic heterocycles. The van der Waals surface area contributed by atoms with E-state index in [2.05, 4.69) is 19.6 Å². The molecule has 0 spiro atoms. The topological polar surface area (TPSA) is 46.5 Å². The van der Waals surface area contributed by atoms with Crippen LogP contribution in [0.25, 0.3) is 5.57 Å². The Morgan fingerprint density at radius 2 is 1.70 bits per heavy atom. The first-order valence-corrected chi connectivity index (χ1v) is 11.0. The Morgan fingerprint density at radius 1 is 1.04 bits per heavy atom. The second-order valence-electron chi connectivity index (χ2n) is 6.46. The summed E-state index contributed by atoms with van der Waals surface area (Å²) in [6.07, 6.45) is 1.25. The molecule has 0 radical (unpaired) electrons. The van der Waals surface area contributed by atoms with Gasteiger partial charge in [0.15, 0.2) is 0 Å². The van der Waals surface area contributed by atoms with E-state index < -0.39 is 14.3 Å². The van der Waals surface area contributed by atoms with Crippen LogP contribution >= 0.6 is 0 Å². The second-order valence-corrected chi connectivity index (χ2v) is 10.9. The van der Waals surface area contributed by atoms with Crippen LogP contribution in [-0.2, 0) is 4.79 Å². The van der Waals surface area contributed by atoms with Gasteiger partial charge >= 0.3 is 5.97 Å². The molecule has 0 aliphatic heterocycles. The molecule has 2 rings (SSSR count). The summed E-state index contributed by atoms with van der Waals surface area (Å²) in [6, 6.07) is 15.4. The number of aryl methyl sites for hydroxylation is 1. The molecule has 0 unspecified atom stereocenters. The fourth-order valence-electron chi connectivity index (χ4n) is 2.34. The lowest BCUT2D eigenvalue weighted by atomic mass is 9.96. The van der Waals surface area contributed by atoms with Crippen molar-refractivity contribution in [2.24, 2.45) is 0 Å². The first-order valence-electron chi connectivity index (χ1n) is 7.56. The Morgan fingerprint density at radius 3 is 2.22 bits per heavy atom. The van der Waals surface area contributed by atoms with Gasteiger partial charge in [-0.05, 0) is 61.0 Å². The predicted octanol–water partition coefficient (Wildman–Crippen LogP) is 4.73. The molecule has 4 heteroatoms. The molecule has 1 N–H and O–H groups in total. The monoisotopic (exact) mass is 326 g/mol. The van der Waals surface area contributed by atoms with E-state index in [1.165, 1.54) is 6.08 Å². The highest BCUT2D eigenvalue weighted by molar-refractivity contribution is 6.70. The summed E-state index contributed by atoms with van der Waals surface area (Å²) in [7, 11) is -1.67. The first kappa shape index (κ1) is 17.0. The third-order valence-electron chi connectivity index (χ3n) is 3.25. The Hall–Kier alpha value is -2.33. The highest BCUT2D eigenvalue weighted by Gasteiger charge is 2.18. The van der Waals surface area contributed by atoms with Crippen molar-refractivity contribution in [2.75, 3.05) is 0 Å². The Kier molecular flexibility index (Phi) is 5.06. The van der Waals surface area contributed by atoms with Gasteiger partial charge in [-0.3, -0.25) is 0 Å². The van der Waals surface area contributed by atoms with Crippen LogP contribution in [0.5, 0.6) is 5.75 Å². The fraction of sp³-hybridized carbons (Fsp3) is 0.211. The second kappa shape index (κ2) is 6.83. The summed E-state index contributed by atoms with van der Waals surface area (Å²) < 4.78 is 6.06. The predicted molar refractivity (Wildman–Crippen MR) is 96.3 cm³/mol. The lowest BCUT2D eigenvalue weighted by Gasteiger charge is -2.21. The normalized spacial score (nSPS) is 12.1. The van der Waals surface area contributed by atoms with Gasteiger partial charge in [-0.2, -0.15) is 0 Å². The molecule has 0 aliphatic rings. The maximum atomic E-state index is 11.2. The number of hydrogen-bond donors (Lipinski definition) is 1. The minimum atomic E-state index is -1.67. The molecule has 0 fully saturated rings. The van der Waals surface area contributed by atoms with Gasteiger partial charge in [0.25, 0.3) is 0 Å². The summed E-state index contributed by atoms with van der Waals surface area (Å²) in [6.45, 7) is 8.41. The van der Waals surface area contributed by atoms with Crippen LogP contribution in [0, 0.1) is 6.92 Å². The van der Waals surface area contributed by atoms with Gasteiger partial charge in [-0.1, -0.05) is 36.4 Å². The van der Waals surface area contributed by atoms with E-state index in [1.807, 2.05) is 55.5 Å². The molecule has 0 amide bonds. The molecule has 3 nitrogen and oxygen atoms in total.